The Labute approximate surface area is 131 Å². The highest BCUT2D eigenvalue weighted by atomic mass is 16.6. The Kier molecular flexibility index (Phi) is 3.75. The number of ether oxygens (including phenoxy) is 2. The third-order valence-corrected chi connectivity index (χ3v) is 3.79. The van der Waals surface area contributed by atoms with E-state index in [1.54, 1.807) is 41.5 Å². The highest BCUT2D eigenvalue weighted by Crippen LogP contribution is 2.61. The highest BCUT2D eigenvalue weighted by molar-refractivity contribution is 6.10. The number of carbonyl (C=O) groups excluding carboxylic acids is 3. The van der Waals surface area contributed by atoms with Gasteiger partial charge in [-0.1, -0.05) is 6.58 Å². The zero-order valence-electron chi connectivity index (χ0n) is 14.1. The maximum atomic E-state index is 12.3. The zero-order valence-corrected chi connectivity index (χ0v) is 14.1. The molecule has 122 valence electrons. The van der Waals surface area contributed by atoms with Crippen molar-refractivity contribution in [1.29, 1.82) is 0 Å². The van der Waals surface area contributed by atoms with Gasteiger partial charge in [0, 0.05) is 17.4 Å². The fraction of sp³-hybridized carbons (Fsp3) is 0.706. The van der Waals surface area contributed by atoms with Crippen LogP contribution in [0, 0.1) is 23.7 Å². The molecular weight excluding hydrogens is 284 g/mol. The van der Waals surface area contributed by atoms with E-state index in [0.717, 1.165) is 0 Å². The van der Waals surface area contributed by atoms with Gasteiger partial charge in [0.05, 0.1) is 11.8 Å². The van der Waals surface area contributed by atoms with Crippen LogP contribution < -0.4 is 0 Å². The summed E-state index contributed by atoms with van der Waals surface area (Å²) < 4.78 is 10.7. The van der Waals surface area contributed by atoms with Gasteiger partial charge in [-0.3, -0.25) is 14.4 Å². The van der Waals surface area contributed by atoms with Gasteiger partial charge in [-0.05, 0) is 41.5 Å². The monoisotopic (exact) mass is 308 g/mol. The first-order valence-corrected chi connectivity index (χ1v) is 7.52. The van der Waals surface area contributed by atoms with Crippen LogP contribution >= 0.6 is 0 Å². The fourth-order valence-corrected chi connectivity index (χ4v) is 3.02. The first-order valence-electron chi connectivity index (χ1n) is 7.52. The van der Waals surface area contributed by atoms with E-state index in [-0.39, 0.29) is 17.3 Å². The summed E-state index contributed by atoms with van der Waals surface area (Å²) in [5.74, 6) is -3.22. The molecule has 2 aliphatic rings. The number of Topliss-reactive ketones (excluding diaryl/α,β-unsaturated/α-hetero) is 1. The molecular formula is C17H24O5. The Morgan fingerprint density at radius 2 is 1.41 bits per heavy atom. The van der Waals surface area contributed by atoms with Crippen LogP contribution in [0.15, 0.2) is 12.2 Å². The highest BCUT2D eigenvalue weighted by Gasteiger charge is 2.70. The molecule has 0 heterocycles. The number of esters is 2. The molecule has 0 aromatic heterocycles. The Balaban J connectivity index is 2.14. The second-order valence-corrected chi connectivity index (χ2v) is 8.06. The van der Waals surface area contributed by atoms with E-state index < -0.39 is 40.9 Å². The Bertz CT molecular complexity index is 546. The van der Waals surface area contributed by atoms with Crippen LogP contribution in [0.3, 0.4) is 0 Å². The van der Waals surface area contributed by atoms with E-state index in [4.69, 9.17) is 9.47 Å². The lowest BCUT2D eigenvalue weighted by molar-refractivity contribution is -0.161. The molecule has 0 aliphatic heterocycles. The molecule has 2 aliphatic carbocycles. The van der Waals surface area contributed by atoms with Crippen molar-refractivity contribution in [2.24, 2.45) is 23.7 Å². The van der Waals surface area contributed by atoms with Crippen molar-refractivity contribution in [3.63, 3.8) is 0 Å². The van der Waals surface area contributed by atoms with Crippen LogP contribution in [-0.2, 0) is 23.9 Å². The summed E-state index contributed by atoms with van der Waals surface area (Å²) >= 11 is 0. The van der Waals surface area contributed by atoms with Crippen molar-refractivity contribution in [3.8, 4) is 0 Å². The van der Waals surface area contributed by atoms with Crippen molar-refractivity contribution in [1.82, 2.24) is 0 Å². The summed E-state index contributed by atoms with van der Waals surface area (Å²) in [6.07, 6.45) is 0. The maximum absolute atomic E-state index is 12.3. The minimum Gasteiger partial charge on any atom is -0.460 e. The van der Waals surface area contributed by atoms with Gasteiger partial charge < -0.3 is 9.47 Å². The maximum Gasteiger partial charge on any atom is 0.314 e. The third-order valence-electron chi connectivity index (χ3n) is 3.79. The van der Waals surface area contributed by atoms with Gasteiger partial charge in [0.15, 0.2) is 5.78 Å². The van der Waals surface area contributed by atoms with Crippen molar-refractivity contribution < 1.29 is 23.9 Å². The standard InChI is InChI=1S/C17H24O5/c1-8-9(14(19)21-16(2,3)4)10-11(13(8)18)12(10)15(20)22-17(5,6)7/h9-12H,1H2,2-7H3. The zero-order chi connectivity index (χ0) is 17.0. The molecule has 0 N–H and O–H groups in total. The Morgan fingerprint density at radius 1 is 0.955 bits per heavy atom. The molecule has 0 radical (unpaired) electrons. The van der Waals surface area contributed by atoms with Crippen LogP contribution in [0.2, 0.25) is 0 Å². The van der Waals surface area contributed by atoms with Gasteiger partial charge >= 0.3 is 11.9 Å². The Morgan fingerprint density at radius 3 is 1.86 bits per heavy atom. The molecule has 0 bridgehead atoms. The second-order valence-electron chi connectivity index (χ2n) is 8.06. The molecule has 0 aromatic carbocycles. The predicted molar refractivity (Wildman–Crippen MR) is 79.8 cm³/mol. The molecule has 0 amide bonds. The number of carbonyl (C=O) groups is 3. The Hall–Kier alpha value is -1.65. The lowest BCUT2D eigenvalue weighted by Gasteiger charge is -2.24. The molecule has 2 saturated carbocycles. The second kappa shape index (κ2) is 4.93. The minimum absolute atomic E-state index is 0.211. The molecule has 4 atom stereocenters. The lowest BCUT2D eigenvalue weighted by atomic mass is 9.94. The molecule has 2 rings (SSSR count). The number of hydrogen-bond donors (Lipinski definition) is 0. The normalized spacial score (nSPS) is 30.8. The van der Waals surface area contributed by atoms with Gasteiger partial charge in [0.2, 0.25) is 0 Å². The van der Waals surface area contributed by atoms with Crippen molar-refractivity contribution >= 4 is 17.7 Å². The lowest BCUT2D eigenvalue weighted by Crippen LogP contribution is -2.32. The van der Waals surface area contributed by atoms with E-state index in [0.29, 0.717) is 0 Å². The van der Waals surface area contributed by atoms with Crippen LogP contribution in [-0.4, -0.2) is 28.9 Å². The first kappa shape index (κ1) is 16.7. The summed E-state index contributed by atoms with van der Waals surface area (Å²) in [7, 11) is 0. The summed E-state index contributed by atoms with van der Waals surface area (Å²) in [6, 6.07) is 0. The van der Waals surface area contributed by atoms with E-state index in [1.807, 2.05) is 0 Å². The number of ketones is 1. The topological polar surface area (TPSA) is 69.7 Å². The van der Waals surface area contributed by atoms with Gasteiger partial charge in [-0.2, -0.15) is 0 Å². The van der Waals surface area contributed by atoms with Gasteiger partial charge in [0.25, 0.3) is 0 Å². The van der Waals surface area contributed by atoms with E-state index in [9.17, 15) is 14.4 Å². The van der Waals surface area contributed by atoms with E-state index in [2.05, 4.69) is 6.58 Å². The van der Waals surface area contributed by atoms with Crippen LogP contribution in [0.25, 0.3) is 0 Å². The number of rotatable bonds is 2. The van der Waals surface area contributed by atoms with Crippen LogP contribution in [0.5, 0.6) is 0 Å². The summed E-state index contributed by atoms with van der Waals surface area (Å²) in [6.45, 7) is 14.3. The van der Waals surface area contributed by atoms with Crippen molar-refractivity contribution in [3.05, 3.63) is 12.2 Å². The van der Waals surface area contributed by atoms with Crippen molar-refractivity contribution in [2.75, 3.05) is 0 Å². The fourth-order valence-electron chi connectivity index (χ4n) is 3.02. The van der Waals surface area contributed by atoms with Gasteiger partial charge in [-0.15, -0.1) is 0 Å². The number of fused-ring (bicyclic) bond motifs is 1. The smallest absolute Gasteiger partial charge is 0.314 e. The molecule has 0 aromatic rings. The molecule has 2 fully saturated rings. The summed E-state index contributed by atoms with van der Waals surface area (Å²) in [5, 5.41) is 0. The molecule has 0 saturated heterocycles. The molecule has 22 heavy (non-hydrogen) atoms. The van der Waals surface area contributed by atoms with E-state index in [1.165, 1.54) is 0 Å². The van der Waals surface area contributed by atoms with Crippen molar-refractivity contribution in [2.45, 2.75) is 52.7 Å². The van der Waals surface area contributed by atoms with Crippen LogP contribution in [0.1, 0.15) is 41.5 Å². The van der Waals surface area contributed by atoms with Gasteiger partial charge in [-0.25, -0.2) is 0 Å². The first-order chi connectivity index (χ1) is 9.83. The van der Waals surface area contributed by atoms with Gasteiger partial charge in [0.1, 0.15) is 11.2 Å². The molecule has 5 nitrogen and oxygen atoms in total. The average molecular weight is 308 g/mol. The SMILES string of the molecule is C=C1C(=O)C2C(C(=O)OC(C)(C)C)C2C1C(=O)OC(C)(C)C. The number of hydrogen-bond acceptors (Lipinski definition) is 5. The predicted octanol–water partition coefficient (Wildman–Crippen LogP) is 2.29. The average Bonchev–Trinajstić information content (AvgIpc) is 2.92. The van der Waals surface area contributed by atoms with Crippen LogP contribution in [0.4, 0.5) is 0 Å². The molecule has 5 heteroatoms. The van der Waals surface area contributed by atoms with E-state index >= 15 is 0 Å². The molecule has 4 unspecified atom stereocenters. The minimum atomic E-state index is -0.728. The summed E-state index contributed by atoms with van der Waals surface area (Å²) in [5.41, 5.74) is -1.01. The third kappa shape index (κ3) is 3.08. The molecule has 0 spiro atoms. The largest absolute Gasteiger partial charge is 0.460 e. The summed E-state index contributed by atoms with van der Waals surface area (Å²) in [4.78, 5) is 36.7. The quantitative estimate of drug-likeness (QED) is 0.578.